The third-order valence-corrected chi connectivity index (χ3v) is 3.36. The van der Waals surface area contributed by atoms with E-state index >= 15 is 0 Å². The first kappa shape index (κ1) is 13.6. The minimum atomic E-state index is -0.116. The molecule has 0 spiro atoms. The van der Waals surface area contributed by atoms with Crippen LogP contribution in [-0.4, -0.2) is 24.2 Å². The first-order chi connectivity index (χ1) is 7.63. The van der Waals surface area contributed by atoms with Crippen LogP contribution in [0.4, 0.5) is 5.82 Å². The maximum Gasteiger partial charge on any atom is 0.159 e. The van der Waals surface area contributed by atoms with Gasteiger partial charge in [-0.3, -0.25) is 0 Å². The molecule has 5 nitrogen and oxygen atoms in total. The molecule has 0 radical (unpaired) electrons. The molecule has 0 saturated heterocycles. The highest BCUT2D eigenvalue weighted by Crippen LogP contribution is 2.22. The molecule has 0 saturated carbocycles. The molecule has 1 aromatic heterocycles. The number of nitrogens with zero attached hydrogens (tertiary/aromatic N) is 2. The molecule has 16 heavy (non-hydrogen) atoms. The molecule has 1 unspecified atom stereocenters. The second kappa shape index (κ2) is 6.31. The van der Waals surface area contributed by atoms with Gasteiger partial charge in [-0.2, -0.15) is 0 Å². The molecule has 1 aromatic rings. The fraction of sp³-hybridized carbons (Fsp3) is 0.600. The van der Waals surface area contributed by atoms with Crippen molar-refractivity contribution in [3.8, 4) is 0 Å². The van der Waals surface area contributed by atoms with E-state index < -0.39 is 0 Å². The van der Waals surface area contributed by atoms with Gasteiger partial charge >= 0.3 is 0 Å². The molecule has 1 atom stereocenters. The number of anilines is 1. The number of aromatic nitrogens is 2. The molecular weight excluding hydrogens is 321 g/mol. The van der Waals surface area contributed by atoms with E-state index in [4.69, 9.17) is 15.2 Å². The molecule has 0 bridgehead atoms. The highest BCUT2D eigenvalue weighted by Gasteiger charge is 2.16. The van der Waals surface area contributed by atoms with Gasteiger partial charge in [0.05, 0.1) is 15.9 Å². The van der Waals surface area contributed by atoms with Crippen LogP contribution in [0.5, 0.6) is 0 Å². The Balaban J connectivity index is 3.12. The van der Waals surface area contributed by atoms with Crippen LogP contribution in [0.1, 0.15) is 31.0 Å². The third kappa shape index (κ3) is 3.02. The minimum absolute atomic E-state index is 0.116. The van der Waals surface area contributed by atoms with Crippen LogP contribution in [0.3, 0.4) is 0 Å². The zero-order valence-corrected chi connectivity index (χ0v) is 11.8. The predicted molar refractivity (Wildman–Crippen MR) is 69.9 cm³/mol. The molecule has 0 aliphatic carbocycles. The summed E-state index contributed by atoms with van der Waals surface area (Å²) in [7, 11) is 3.27. The van der Waals surface area contributed by atoms with Crippen LogP contribution >= 0.6 is 22.6 Å². The van der Waals surface area contributed by atoms with Crippen LogP contribution in [0.25, 0.3) is 0 Å². The molecule has 0 aliphatic rings. The Morgan fingerprint density at radius 2 is 2.06 bits per heavy atom. The Labute approximate surface area is 109 Å². The van der Waals surface area contributed by atoms with Gasteiger partial charge in [0.1, 0.15) is 11.9 Å². The SMILES string of the molecule is CCC(OC)c1nc(N)c(I)c(COC)n1. The summed E-state index contributed by atoms with van der Waals surface area (Å²) >= 11 is 2.12. The lowest BCUT2D eigenvalue weighted by atomic mass is 10.2. The Kier molecular flexibility index (Phi) is 5.36. The van der Waals surface area contributed by atoms with E-state index in [1.165, 1.54) is 0 Å². The minimum Gasteiger partial charge on any atom is -0.383 e. The fourth-order valence-corrected chi connectivity index (χ4v) is 1.76. The van der Waals surface area contributed by atoms with Crippen molar-refractivity contribution in [2.45, 2.75) is 26.1 Å². The van der Waals surface area contributed by atoms with Crippen LogP contribution in [0, 0.1) is 3.57 Å². The Morgan fingerprint density at radius 3 is 2.56 bits per heavy atom. The maximum absolute atomic E-state index is 5.83. The van der Waals surface area contributed by atoms with E-state index in [9.17, 15) is 0 Å². The van der Waals surface area contributed by atoms with Crippen molar-refractivity contribution in [3.63, 3.8) is 0 Å². The predicted octanol–water partition coefficient (Wildman–Crippen LogP) is 1.91. The molecule has 0 fully saturated rings. The van der Waals surface area contributed by atoms with Gasteiger partial charge in [0.25, 0.3) is 0 Å². The smallest absolute Gasteiger partial charge is 0.159 e. The average molecular weight is 337 g/mol. The number of hydrogen-bond acceptors (Lipinski definition) is 5. The topological polar surface area (TPSA) is 70.3 Å². The number of methoxy groups -OCH3 is 2. The summed E-state index contributed by atoms with van der Waals surface area (Å²) in [6.45, 7) is 2.44. The lowest BCUT2D eigenvalue weighted by Crippen LogP contribution is -2.12. The van der Waals surface area contributed by atoms with Gasteiger partial charge in [-0.15, -0.1) is 0 Å². The molecule has 0 aromatic carbocycles. The highest BCUT2D eigenvalue weighted by atomic mass is 127. The van der Waals surface area contributed by atoms with Gasteiger partial charge in [0, 0.05) is 14.2 Å². The van der Waals surface area contributed by atoms with Crippen molar-refractivity contribution in [3.05, 3.63) is 15.1 Å². The highest BCUT2D eigenvalue weighted by molar-refractivity contribution is 14.1. The summed E-state index contributed by atoms with van der Waals surface area (Å²) < 4.78 is 11.2. The molecule has 6 heteroatoms. The van der Waals surface area contributed by atoms with E-state index in [-0.39, 0.29) is 6.10 Å². The zero-order valence-electron chi connectivity index (χ0n) is 9.66. The number of rotatable bonds is 5. The molecule has 2 N–H and O–H groups in total. The summed E-state index contributed by atoms with van der Waals surface area (Å²) in [5.41, 5.74) is 6.64. The first-order valence-corrected chi connectivity index (χ1v) is 6.05. The molecule has 1 heterocycles. The maximum atomic E-state index is 5.83. The number of halogens is 1. The lowest BCUT2D eigenvalue weighted by Gasteiger charge is -2.14. The van der Waals surface area contributed by atoms with Crippen molar-refractivity contribution in [2.75, 3.05) is 20.0 Å². The van der Waals surface area contributed by atoms with E-state index in [1.807, 2.05) is 6.92 Å². The summed E-state index contributed by atoms with van der Waals surface area (Å²) in [5.74, 6) is 1.10. The van der Waals surface area contributed by atoms with Gasteiger partial charge in [-0.05, 0) is 29.0 Å². The normalized spacial score (nSPS) is 12.8. The van der Waals surface area contributed by atoms with Gasteiger partial charge in [-0.1, -0.05) is 6.92 Å². The van der Waals surface area contributed by atoms with Gasteiger partial charge in [0.15, 0.2) is 5.82 Å². The van der Waals surface area contributed by atoms with Crippen molar-refractivity contribution in [1.29, 1.82) is 0 Å². The largest absolute Gasteiger partial charge is 0.383 e. The number of nitrogen functional groups attached to an aromatic ring is 1. The summed E-state index contributed by atoms with van der Waals surface area (Å²) in [6, 6.07) is 0. The number of ether oxygens (including phenoxy) is 2. The Hall–Kier alpha value is -0.470. The van der Waals surface area contributed by atoms with Crippen LogP contribution in [-0.2, 0) is 16.1 Å². The molecule has 0 amide bonds. The van der Waals surface area contributed by atoms with Crippen molar-refractivity contribution >= 4 is 28.4 Å². The van der Waals surface area contributed by atoms with Crippen LogP contribution in [0.2, 0.25) is 0 Å². The Bertz CT molecular complexity index is 356. The standard InChI is InChI=1S/C10H16IN3O2/c1-4-7(16-3)10-13-6(5-15-2)8(11)9(12)14-10/h7H,4-5H2,1-3H3,(H2,12,13,14). The summed E-state index contributed by atoms with van der Waals surface area (Å²) in [4.78, 5) is 8.65. The second-order valence-electron chi connectivity index (χ2n) is 3.29. The van der Waals surface area contributed by atoms with Crippen molar-refractivity contribution in [2.24, 2.45) is 0 Å². The molecule has 1 rings (SSSR count). The van der Waals surface area contributed by atoms with Crippen LogP contribution < -0.4 is 5.73 Å². The van der Waals surface area contributed by atoms with Gasteiger partial charge in [0.2, 0.25) is 0 Å². The fourth-order valence-electron chi connectivity index (χ4n) is 1.36. The number of nitrogens with two attached hydrogens (primary N) is 1. The molecule has 0 aliphatic heterocycles. The van der Waals surface area contributed by atoms with E-state index in [1.54, 1.807) is 14.2 Å². The summed E-state index contributed by atoms with van der Waals surface area (Å²) in [5, 5.41) is 0. The van der Waals surface area contributed by atoms with E-state index in [2.05, 4.69) is 32.6 Å². The number of hydrogen-bond donors (Lipinski definition) is 1. The third-order valence-electron chi connectivity index (χ3n) is 2.19. The van der Waals surface area contributed by atoms with Gasteiger partial charge < -0.3 is 15.2 Å². The zero-order chi connectivity index (χ0) is 12.1. The molecule has 90 valence electrons. The first-order valence-electron chi connectivity index (χ1n) is 4.97. The lowest BCUT2D eigenvalue weighted by molar-refractivity contribution is 0.0917. The quantitative estimate of drug-likeness (QED) is 0.831. The average Bonchev–Trinajstić information content (AvgIpc) is 2.27. The Morgan fingerprint density at radius 1 is 1.38 bits per heavy atom. The monoisotopic (exact) mass is 337 g/mol. The molecular formula is C10H16IN3O2. The second-order valence-corrected chi connectivity index (χ2v) is 4.37. The van der Waals surface area contributed by atoms with E-state index in [0.29, 0.717) is 18.2 Å². The van der Waals surface area contributed by atoms with Crippen molar-refractivity contribution < 1.29 is 9.47 Å². The van der Waals surface area contributed by atoms with Gasteiger partial charge in [-0.25, -0.2) is 9.97 Å². The van der Waals surface area contributed by atoms with E-state index in [0.717, 1.165) is 15.7 Å². The van der Waals surface area contributed by atoms with Crippen LogP contribution in [0.15, 0.2) is 0 Å². The summed E-state index contributed by atoms with van der Waals surface area (Å²) in [6.07, 6.45) is 0.693. The van der Waals surface area contributed by atoms with Crippen molar-refractivity contribution in [1.82, 2.24) is 9.97 Å².